The van der Waals surface area contributed by atoms with Crippen molar-refractivity contribution in [3.63, 3.8) is 0 Å². The van der Waals surface area contributed by atoms with E-state index < -0.39 is 6.03 Å². The molecule has 1 aliphatic rings. The monoisotopic (exact) mass is 271 g/mol. The normalized spacial score (nSPS) is 20.0. The summed E-state index contributed by atoms with van der Waals surface area (Å²) in [7, 11) is 0. The van der Waals surface area contributed by atoms with Crippen LogP contribution in [-0.2, 0) is 4.79 Å². The summed E-state index contributed by atoms with van der Waals surface area (Å²) in [6.45, 7) is 3.74. The van der Waals surface area contributed by atoms with E-state index in [-0.39, 0.29) is 25.1 Å². The van der Waals surface area contributed by atoms with Gasteiger partial charge in [0.25, 0.3) is 0 Å². The van der Waals surface area contributed by atoms with Crippen molar-refractivity contribution >= 4 is 11.9 Å². The first-order valence-corrected chi connectivity index (χ1v) is 7.10. The number of carbonyl (C=O) groups excluding carboxylic acids is 2. The van der Waals surface area contributed by atoms with Crippen LogP contribution in [0.25, 0.3) is 0 Å². The molecule has 1 saturated heterocycles. The molecule has 0 aromatic carbocycles. The molecule has 1 atom stereocenters. The highest BCUT2D eigenvalue weighted by atomic mass is 16.3. The van der Waals surface area contributed by atoms with E-state index in [2.05, 4.69) is 15.5 Å². The Labute approximate surface area is 114 Å². The molecule has 3 N–H and O–H groups in total. The zero-order valence-electron chi connectivity index (χ0n) is 11.7. The standard InChI is InChI=1S/C13H25N3O3/c1-2-7-14-13(19)15-12(18)10-16-8-4-3-5-11(16)6-9-17/h11,17H,2-10H2,1H3,(H2,14,15,18,19). The van der Waals surface area contributed by atoms with Gasteiger partial charge in [0.2, 0.25) is 5.91 Å². The van der Waals surface area contributed by atoms with Crippen LogP contribution < -0.4 is 10.6 Å². The number of piperidine rings is 1. The third-order valence-corrected chi connectivity index (χ3v) is 3.35. The van der Waals surface area contributed by atoms with Crippen molar-refractivity contribution in [2.75, 3.05) is 26.2 Å². The van der Waals surface area contributed by atoms with Gasteiger partial charge in [-0.15, -0.1) is 0 Å². The molecule has 0 radical (unpaired) electrons. The lowest BCUT2D eigenvalue weighted by molar-refractivity contribution is -0.122. The number of amides is 3. The lowest BCUT2D eigenvalue weighted by Gasteiger charge is -2.34. The van der Waals surface area contributed by atoms with Crippen LogP contribution in [0.15, 0.2) is 0 Å². The Hall–Kier alpha value is -1.14. The zero-order chi connectivity index (χ0) is 14.1. The molecule has 6 nitrogen and oxygen atoms in total. The van der Waals surface area contributed by atoms with Gasteiger partial charge in [0.05, 0.1) is 6.54 Å². The predicted molar refractivity (Wildman–Crippen MR) is 72.7 cm³/mol. The fraction of sp³-hybridized carbons (Fsp3) is 0.846. The summed E-state index contributed by atoms with van der Waals surface area (Å²) < 4.78 is 0. The van der Waals surface area contributed by atoms with Gasteiger partial charge in [-0.3, -0.25) is 15.0 Å². The molecule has 0 aliphatic carbocycles. The van der Waals surface area contributed by atoms with Gasteiger partial charge in [0, 0.05) is 19.2 Å². The van der Waals surface area contributed by atoms with Crippen LogP contribution in [0.4, 0.5) is 4.79 Å². The summed E-state index contributed by atoms with van der Waals surface area (Å²) in [5, 5.41) is 14.0. The highest BCUT2D eigenvalue weighted by molar-refractivity contribution is 5.95. The van der Waals surface area contributed by atoms with Crippen molar-refractivity contribution in [3.05, 3.63) is 0 Å². The van der Waals surface area contributed by atoms with E-state index in [1.807, 2.05) is 6.92 Å². The first kappa shape index (κ1) is 15.9. The van der Waals surface area contributed by atoms with Gasteiger partial charge in [-0.25, -0.2) is 4.79 Å². The molecule has 1 fully saturated rings. The average molecular weight is 271 g/mol. The molecule has 0 aromatic heterocycles. The first-order chi connectivity index (χ1) is 9.17. The minimum Gasteiger partial charge on any atom is -0.396 e. The number of rotatable bonds is 6. The van der Waals surface area contributed by atoms with Gasteiger partial charge < -0.3 is 10.4 Å². The SMILES string of the molecule is CCCNC(=O)NC(=O)CN1CCCCC1CCO. The Bertz CT molecular complexity index is 295. The second-order valence-corrected chi connectivity index (χ2v) is 4.94. The maximum atomic E-state index is 11.8. The van der Waals surface area contributed by atoms with E-state index in [1.54, 1.807) is 0 Å². The van der Waals surface area contributed by atoms with Crippen molar-refractivity contribution in [2.45, 2.75) is 45.1 Å². The molecule has 1 aliphatic heterocycles. The molecule has 19 heavy (non-hydrogen) atoms. The Morgan fingerprint density at radius 1 is 1.37 bits per heavy atom. The zero-order valence-corrected chi connectivity index (χ0v) is 11.7. The molecule has 110 valence electrons. The number of carbonyl (C=O) groups is 2. The van der Waals surface area contributed by atoms with Gasteiger partial charge in [-0.2, -0.15) is 0 Å². The lowest BCUT2D eigenvalue weighted by Crippen LogP contribution is -2.49. The van der Waals surface area contributed by atoms with Crippen molar-refractivity contribution in [3.8, 4) is 0 Å². The minimum absolute atomic E-state index is 0.139. The minimum atomic E-state index is -0.428. The maximum absolute atomic E-state index is 11.8. The molecular formula is C13H25N3O3. The Kier molecular flexibility index (Phi) is 7.43. The van der Waals surface area contributed by atoms with Crippen molar-refractivity contribution in [1.29, 1.82) is 0 Å². The summed E-state index contributed by atoms with van der Waals surface area (Å²) >= 11 is 0. The topological polar surface area (TPSA) is 81.7 Å². The summed E-state index contributed by atoms with van der Waals surface area (Å²) in [4.78, 5) is 25.2. The van der Waals surface area contributed by atoms with Crippen LogP contribution in [0, 0.1) is 0 Å². The number of aliphatic hydroxyl groups excluding tert-OH is 1. The van der Waals surface area contributed by atoms with E-state index in [9.17, 15) is 9.59 Å². The number of aliphatic hydroxyl groups is 1. The molecule has 1 unspecified atom stereocenters. The molecule has 0 saturated carbocycles. The van der Waals surface area contributed by atoms with E-state index in [4.69, 9.17) is 5.11 Å². The van der Waals surface area contributed by atoms with Crippen LogP contribution in [-0.4, -0.2) is 54.2 Å². The number of hydrogen-bond acceptors (Lipinski definition) is 4. The first-order valence-electron chi connectivity index (χ1n) is 7.10. The van der Waals surface area contributed by atoms with E-state index in [1.165, 1.54) is 0 Å². The van der Waals surface area contributed by atoms with Crippen LogP contribution in [0.1, 0.15) is 39.0 Å². The number of urea groups is 1. The smallest absolute Gasteiger partial charge is 0.321 e. The van der Waals surface area contributed by atoms with Gasteiger partial charge >= 0.3 is 6.03 Å². The van der Waals surface area contributed by atoms with Crippen LogP contribution >= 0.6 is 0 Å². The van der Waals surface area contributed by atoms with E-state index in [0.29, 0.717) is 13.0 Å². The third-order valence-electron chi connectivity index (χ3n) is 3.35. The molecule has 1 heterocycles. The Morgan fingerprint density at radius 3 is 2.84 bits per heavy atom. The van der Waals surface area contributed by atoms with Gasteiger partial charge in [0.15, 0.2) is 0 Å². The van der Waals surface area contributed by atoms with Gasteiger partial charge in [-0.05, 0) is 32.2 Å². The lowest BCUT2D eigenvalue weighted by atomic mass is 10.00. The Balaban J connectivity index is 2.34. The van der Waals surface area contributed by atoms with Crippen molar-refractivity contribution < 1.29 is 14.7 Å². The van der Waals surface area contributed by atoms with Crippen molar-refractivity contribution in [1.82, 2.24) is 15.5 Å². The summed E-state index contributed by atoms with van der Waals surface area (Å²) in [6.07, 6.45) is 4.74. The molecule has 1 rings (SSSR count). The third kappa shape index (κ3) is 6.02. The van der Waals surface area contributed by atoms with Gasteiger partial charge in [-0.1, -0.05) is 13.3 Å². The largest absolute Gasteiger partial charge is 0.396 e. The highest BCUT2D eigenvalue weighted by Crippen LogP contribution is 2.18. The molecule has 3 amide bonds. The summed E-state index contributed by atoms with van der Waals surface area (Å²) in [5.74, 6) is -0.279. The maximum Gasteiger partial charge on any atom is 0.321 e. The fourth-order valence-corrected chi connectivity index (χ4v) is 2.38. The molecule has 0 aromatic rings. The number of nitrogens with zero attached hydrogens (tertiary/aromatic N) is 1. The van der Waals surface area contributed by atoms with E-state index in [0.717, 1.165) is 32.2 Å². The number of nitrogens with one attached hydrogen (secondary N) is 2. The Morgan fingerprint density at radius 2 is 2.16 bits per heavy atom. The summed E-state index contributed by atoms with van der Waals surface area (Å²) in [6, 6.07) is -0.175. The quantitative estimate of drug-likeness (QED) is 0.655. The van der Waals surface area contributed by atoms with Crippen LogP contribution in [0.2, 0.25) is 0 Å². The molecule has 6 heteroatoms. The average Bonchev–Trinajstić information content (AvgIpc) is 2.39. The molecule has 0 bridgehead atoms. The van der Waals surface area contributed by atoms with Gasteiger partial charge in [0.1, 0.15) is 0 Å². The second kappa shape index (κ2) is 8.87. The molecule has 0 spiro atoms. The van der Waals surface area contributed by atoms with Crippen LogP contribution in [0.5, 0.6) is 0 Å². The number of imide groups is 1. The highest BCUT2D eigenvalue weighted by Gasteiger charge is 2.24. The fourth-order valence-electron chi connectivity index (χ4n) is 2.38. The van der Waals surface area contributed by atoms with Crippen LogP contribution in [0.3, 0.4) is 0 Å². The number of likely N-dealkylation sites (tertiary alicyclic amines) is 1. The number of hydrogen-bond donors (Lipinski definition) is 3. The molecular weight excluding hydrogens is 246 g/mol. The second-order valence-electron chi connectivity index (χ2n) is 4.94. The van der Waals surface area contributed by atoms with Crippen molar-refractivity contribution in [2.24, 2.45) is 0 Å². The van der Waals surface area contributed by atoms with E-state index >= 15 is 0 Å². The summed E-state index contributed by atoms with van der Waals surface area (Å²) in [5.41, 5.74) is 0. The predicted octanol–water partition coefficient (Wildman–Crippen LogP) is 0.459.